The van der Waals surface area contributed by atoms with Crippen LogP contribution >= 0.6 is 0 Å². The number of aromatic nitrogens is 2. The maximum atomic E-state index is 12.5. The number of amides is 1. The van der Waals surface area contributed by atoms with Crippen LogP contribution in [0.2, 0.25) is 0 Å². The number of nitrogens with zero attached hydrogens (tertiary/aromatic N) is 2. The summed E-state index contributed by atoms with van der Waals surface area (Å²) in [4.78, 5) is 24.5. The fourth-order valence-corrected chi connectivity index (χ4v) is 3.03. The minimum Gasteiger partial charge on any atom is -0.495 e. The molecular weight excluding hydrogens is 354 g/mol. The van der Waals surface area contributed by atoms with Crippen molar-refractivity contribution in [1.29, 1.82) is 0 Å². The second-order valence-corrected chi connectivity index (χ2v) is 7.71. The summed E-state index contributed by atoms with van der Waals surface area (Å²) in [6, 6.07) is 13.1. The van der Waals surface area contributed by atoms with Crippen molar-refractivity contribution in [2.45, 2.75) is 39.2 Å². The van der Waals surface area contributed by atoms with Gasteiger partial charge >= 0.3 is 0 Å². The Bertz CT molecular complexity index is 1060. The van der Waals surface area contributed by atoms with Gasteiger partial charge in [-0.15, -0.1) is 0 Å². The van der Waals surface area contributed by atoms with Crippen LogP contribution in [-0.2, 0) is 16.8 Å². The van der Waals surface area contributed by atoms with E-state index in [4.69, 9.17) is 4.74 Å². The van der Waals surface area contributed by atoms with Gasteiger partial charge in [0.2, 0.25) is 11.3 Å². The molecule has 0 saturated heterocycles. The Hall–Kier alpha value is -3.15. The van der Waals surface area contributed by atoms with Crippen LogP contribution in [0.5, 0.6) is 5.75 Å². The number of hydrogen-bond acceptors (Lipinski definition) is 4. The molecule has 3 aromatic rings. The molecule has 146 valence electrons. The highest BCUT2D eigenvalue weighted by Gasteiger charge is 2.17. The molecule has 3 rings (SSSR count). The number of fused-ring (bicyclic) bond motifs is 1. The number of para-hydroxylation sites is 1. The predicted molar refractivity (Wildman–Crippen MR) is 111 cm³/mol. The molecule has 1 N–H and O–H groups in total. The van der Waals surface area contributed by atoms with E-state index in [-0.39, 0.29) is 23.2 Å². The molecule has 0 radical (unpaired) electrons. The minimum absolute atomic E-state index is 0.0372. The van der Waals surface area contributed by atoms with E-state index < -0.39 is 0 Å². The lowest BCUT2D eigenvalue weighted by Gasteiger charge is -2.21. The molecule has 6 nitrogen and oxygen atoms in total. The Labute approximate surface area is 164 Å². The molecule has 1 aromatic heterocycles. The summed E-state index contributed by atoms with van der Waals surface area (Å²) in [5.74, 6) is 0.474. The Morgan fingerprint density at radius 3 is 2.64 bits per heavy atom. The van der Waals surface area contributed by atoms with Gasteiger partial charge in [-0.1, -0.05) is 39.0 Å². The lowest BCUT2D eigenvalue weighted by atomic mass is 9.87. The Balaban J connectivity index is 1.77. The van der Waals surface area contributed by atoms with Crippen LogP contribution in [0.1, 0.15) is 32.8 Å². The fourth-order valence-electron chi connectivity index (χ4n) is 3.03. The van der Waals surface area contributed by atoms with Crippen molar-refractivity contribution in [3.05, 3.63) is 64.4 Å². The van der Waals surface area contributed by atoms with E-state index in [0.29, 0.717) is 23.4 Å². The van der Waals surface area contributed by atoms with Crippen LogP contribution in [-0.4, -0.2) is 22.8 Å². The SMILES string of the molecule is COc1ccc(C(C)(C)C)cc1NC(=O)CCn1ncc(=O)c2ccccc21. The maximum absolute atomic E-state index is 12.5. The molecule has 6 heteroatoms. The molecule has 0 bridgehead atoms. The van der Waals surface area contributed by atoms with Gasteiger partial charge in [-0.25, -0.2) is 0 Å². The number of nitrogens with one attached hydrogen (secondary N) is 1. The van der Waals surface area contributed by atoms with Gasteiger partial charge in [0.15, 0.2) is 0 Å². The number of methoxy groups -OCH3 is 1. The predicted octanol–water partition coefficient (Wildman–Crippen LogP) is 3.73. The van der Waals surface area contributed by atoms with E-state index in [1.807, 2.05) is 36.4 Å². The van der Waals surface area contributed by atoms with Crippen LogP contribution < -0.4 is 15.5 Å². The zero-order chi connectivity index (χ0) is 20.3. The number of carbonyl (C=O) groups excluding carboxylic acids is 1. The quantitative estimate of drug-likeness (QED) is 0.733. The van der Waals surface area contributed by atoms with Gasteiger partial charge in [0.25, 0.3) is 0 Å². The summed E-state index contributed by atoms with van der Waals surface area (Å²) in [5.41, 5.74) is 2.31. The highest BCUT2D eigenvalue weighted by Crippen LogP contribution is 2.31. The highest BCUT2D eigenvalue weighted by molar-refractivity contribution is 5.92. The molecule has 0 aliphatic heterocycles. The summed E-state index contributed by atoms with van der Waals surface area (Å²) < 4.78 is 7.06. The largest absolute Gasteiger partial charge is 0.495 e. The van der Waals surface area contributed by atoms with Crippen LogP contribution in [0, 0.1) is 0 Å². The zero-order valence-electron chi connectivity index (χ0n) is 16.7. The third kappa shape index (κ3) is 4.22. The van der Waals surface area contributed by atoms with E-state index in [9.17, 15) is 9.59 Å². The van der Waals surface area contributed by atoms with Crippen LogP contribution in [0.3, 0.4) is 0 Å². The molecule has 0 fully saturated rings. The topological polar surface area (TPSA) is 73.2 Å². The third-order valence-electron chi connectivity index (χ3n) is 4.65. The van der Waals surface area contributed by atoms with Gasteiger partial charge in [-0.05, 0) is 35.2 Å². The van der Waals surface area contributed by atoms with Crippen molar-refractivity contribution < 1.29 is 9.53 Å². The highest BCUT2D eigenvalue weighted by atomic mass is 16.5. The molecule has 2 aromatic carbocycles. The average Bonchev–Trinajstić information content (AvgIpc) is 2.67. The van der Waals surface area contributed by atoms with Gasteiger partial charge in [0.05, 0.1) is 31.1 Å². The summed E-state index contributed by atoms with van der Waals surface area (Å²) in [5, 5.41) is 7.70. The molecule has 28 heavy (non-hydrogen) atoms. The third-order valence-corrected chi connectivity index (χ3v) is 4.65. The van der Waals surface area contributed by atoms with Gasteiger partial charge < -0.3 is 10.1 Å². The van der Waals surface area contributed by atoms with E-state index in [2.05, 4.69) is 31.2 Å². The molecule has 0 atom stereocenters. The number of hydrogen-bond donors (Lipinski definition) is 1. The van der Waals surface area contributed by atoms with Gasteiger partial charge in [-0.3, -0.25) is 14.3 Å². The summed E-state index contributed by atoms with van der Waals surface area (Å²) in [7, 11) is 1.58. The Morgan fingerprint density at radius 1 is 1.18 bits per heavy atom. The van der Waals surface area contributed by atoms with E-state index in [1.54, 1.807) is 17.9 Å². The first-order valence-corrected chi connectivity index (χ1v) is 9.23. The normalized spacial score (nSPS) is 11.4. The molecule has 0 aliphatic carbocycles. The van der Waals surface area contributed by atoms with Crippen LogP contribution in [0.15, 0.2) is 53.5 Å². The number of benzene rings is 2. The van der Waals surface area contributed by atoms with E-state index >= 15 is 0 Å². The Kier molecular flexibility index (Phi) is 5.49. The van der Waals surface area contributed by atoms with Crippen LogP contribution in [0.4, 0.5) is 5.69 Å². The van der Waals surface area contributed by atoms with Crippen LogP contribution in [0.25, 0.3) is 10.9 Å². The van der Waals surface area contributed by atoms with Crippen molar-refractivity contribution in [3.63, 3.8) is 0 Å². The number of rotatable bonds is 5. The first-order valence-electron chi connectivity index (χ1n) is 9.23. The monoisotopic (exact) mass is 379 g/mol. The molecular formula is C22H25N3O3. The standard InChI is InChI=1S/C22H25N3O3/c1-22(2,3)15-9-10-20(28-4)17(13-15)24-21(27)11-12-25-18-8-6-5-7-16(18)19(26)14-23-25/h5-10,13-14H,11-12H2,1-4H3,(H,24,27). The Morgan fingerprint density at radius 2 is 1.93 bits per heavy atom. The van der Waals surface area contributed by atoms with Gasteiger partial charge in [0.1, 0.15) is 5.75 Å². The van der Waals surface area contributed by atoms with Crippen molar-refractivity contribution in [3.8, 4) is 5.75 Å². The molecule has 1 heterocycles. The average molecular weight is 379 g/mol. The number of carbonyl (C=O) groups is 1. The van der Waals surface area contributed by atoms with Crippen molar-refractivity contribution in [2.75, 3.05) is 12.4 Å². The number of anilines is 1. The number of aryl methyl sites for hydroxylation is 1. The summed E-state index contributed by atoms with van der Waals surface area (Å²) in [6.07, 6.45) is 1.51. The smallest absolute Gasteiger partial charge is 0.226 e. The van der Waals surface area contributed by atoms with Crippen molar-refractivity contribution >= 4 is 22.5 Å². The first kappa shape index (κ1) is 19.6. The minimum atomic E-state index is -0.144. The number of ether oxygens (including phenoxy) is 1. The molecule has 0 unspecified atom stereocenters. The summed E-state index contributed by atoms with van der Waals surface area (Å²) in [6.45, 7) is 6.72. The second kappa shape index (κ2) is 7.84. The zero-order valence-corrected chi connectivity index (χ0v) is 16.7. The van der Waals surface area contributed by atoms with E-state index in [0.717, 1.165) is 11.1 Å². The van der Waals surface area contributed by atoms with Gasteiger partial charge in [-0.2, -0.15) is 5.10 Å². The van der Waals surface area contributed by atoms with Crippen molar-refractivity contribution in [1.82, 2.24) is 9.78 Å². The lowest BCUT2D eigenvalue weighted by Crippen LogP contribution is -2.19. The fraction of sp³-hybridized carbons (Fsp3) is 0.318. The van der Waals surface area contributed by atoms with Gasteiger partial charge in [0, 0.05) is 11.8 Å². The molecule has 0 saturated carbocycles. The molecule has 0 spiro atoms. The summed E-state index contributed by atoms with van der Waals surface area (Å²) >= 11 is 0. The van der Waals surface area contributed by atoms with E-state index in [1.165, 1.54) is 6.20 Å². The maximum Gasteiger partial charge on any atom is 0.226 e. The second-order valence-electron chi connectivity index (χ2n) is 7.71. The first-order chi connectivity index (χ1) is 13.3. The molecule has 1 amide bonds. The lowest BCUT2D eigenvalue weighted by molar-refractivity contribution is -0.116. The van der Waals surface area contributed by atoms with Crippen molar-refractivity contribution in [2.24, 2.45) is 0 Å². The molecule has 0 aliphatic rings.